The van der Waals surface area contributed by atoms with E-state index in [9.17, 15) is 18.0 Å². The molecule has 0 aliphatic carbocycles. The predicted octanol–water partition coefficient (Wildman–Crippen LogP) is 3.08. The number of carbonyl (C=O) groups excluding carboxylic acids is 1. The molecule has 0 atom stereocenters. The quantitative estimate of drug-likeness (QED) is 0.882. The minimum absolute atomic E-state index is 0.109. The number of benzene rings is 1. The van der Waals surface area contributed by atoms with Crippen LogP contribution in [0.5, 0.6) is 0 Å². The highest BCUT2D eigenvalue weighted by Crippen LogP contribution is 2.25. The standard InChI is InChI=1S/C11H8F3NOS/c12-11(13,14)10(16)15-5-7-6-17-9-4-2-1-3-8(7)9/h1-4,6H,5H2,(H,15,16). The van der Waals surface area contributed by atoms with Gasteiger partial charge in [0.05, 0.1) is 0 Å². The summed E-state index contributed by atoms with van der Waals surface area (Å²) in [6.45, 7) is -0.109. The Kier molecular flexibility index (Phi) is 3.06. The molecule has 0 saturated heterocycles. The van der Waals surface area contributed by atoms with Crippen molar-refractivity contribution in [2.24, 2.45) is 0 Å². The highest BCUT2D eigenvalue weighted by atomic mass is 32.1. The van der Waals surface area contributed by atoms with E-state index < -0.39 is 12.1 Å². The molecule has 1 aromatic heterocycles. The first-order valence-electron chi connectivity index (χ1n) is 4.78. The van der Waals surface area contributed by atoms with Crippen LogP contribution in [0.3, 0.4) is 0 Å². The van der Waals surface area contributed by atoms with Crippen LogP contribution >= 0.6 is 11.3 Å². The van der Waals surface area contributed by atoms with Crippen molar-refractivity contribution in [2.75, 3.05) is 0 Å². The predicted molar refractivity (Wildman–Crippen MR) is 59.7 cm³/mol. The third-order valence-electron chi connectivity index (χ3n) is 2.26. The van der Waals surface area contributed by atoms with Crippen molar-refractivity contribution in [3.05, 3.63) is 35.2 Å². The Balaban J connectivity index is 2.12. The molecule has 2 rings (SSSR count). The number of nitrogens with one attached hydrogen (secondary N) is 1. The molecule has 0 fully saturated rings. The van der Waals surface area contributed by atoms with Gasteiger partial charge in [-0.2, -0.15) is 13.2 Å². The lowest BCUT2D eigenvalue weighted by atomic mass is 10.2. The Morgan fingerprint density at radius 1 is 1.29 bits per heavy atom. The zero-order chi connectivity index (χ0) is 12.5. The summed E-state index contributed by atoms with van der Waals surface area (Å²) in [6.07, 6.45) is -4.83. The maximum absolute atomic E-state index is 12.0. The van der Waals surface area contributed by atoms with Crippen LogP contribution in [0, 0.1) is 0 Å². The van der Waals surface area contributed by atoms with Gasteiger partial charge in [-0.25, -0.2) is 0 Å². The maximum Gasteiger partial charge on any atom is 0.471 e. The summed E-state index contributed by atoms with van der Waals surface area (Å²) in [7, 11) is 0. The molecule has 1 N–H and O–H groups in total. The summed E-state index contributed by atoms with van der Waals surface area (Å²) >= 11 is 1.44. The number of hydrogen-bond acceptors (Lipinski definition) is 2. The van der Waals surface area contributed by atoms with Gasteiger partial charge in [0.2, 0.25) is 0 Å². The van der Waals surface area contributed by atoms with E-state index in [1.54, 1.807) is 5.38 Å². The molecule has 6 heteroatoms. The van der Waals surface area contributed by atoms with Crippen LogP contribution in [0.25, 0.3) is 10.1 Å². The Morgan fingerprint density at radius 3 is 2.71 bits per heavy atom. The van der Waals surface area contributed by atoms with E-state index in [1.165, 1.54) is 11.3 Å². The number of hydrogen-bond donors (Lipinski definition) is 1. The van der Waals surface area contributed by atoms with Crippen molar-refractivity contribution in [2.45, 2.75) is 12.7 Å². The van der Waals surface area contributed by atoms with Crippen LogP contribution in [-0.2, 0) is 11.3 Å². The molecular formula is C11H8F3NOS. The van der Waals surface area contributed by atoms with Crippen molar-refractivity contribution < 1.29 is 18.0 Å². The molecule has 1 amide bonds. The van der Waals surface area contributed by atoms with Crippen molar-refractivity contribution in [3.8, 4) is 0 Å². The van der Waals surface area contributed by atoms with E-state index in [0.717, 1.165) is 10.1 Å². The largest absolute Gasteiger partial charge is 0.471 e. The summed E-state index contributed by atoms with van der Waals surface area (Å²) < 4.78 is 36.9. The number of fused-ring (bicyclic) bond motifs is 1. The first kappa shape index (κ1) is 11.9. The van der Waals surface area contributed by atoms with Crippen molar-refractivity contribution >= 4 is 27.3 Å². The number of rotatable bonds is 2. The van der Waals surface area contributed by atoms with E-state index in [4.69, 9.17) is 0 Å². The fourth-order valence-electron chi connectivity index (χ4n) is 1.45. The summed E-state index contributed by atoms with van der Waals surface area (Å²) in [5, 5.41) is 4.49. The van der Waals surface area contributed by atoms with Gasteiger partial charge in [-0.05, 0) is 22.4 Å². The van der Waals surface area contributed by atoms with Gasteiger partial charge >= 0.3 is 12.1 Å². The minimum atomic E-state index is -4.83. The average Bonchev–Trinajstić information content (AvgIpc) is 2.68. The molecule has 0 aliphatic rings. The first-order valence-corrected chi connectivity index (χ1v) is 5.66. The van der Waals surface area contributed by atoms with Crippen molar-refractivity contribution in [1.82, 2.24) is 5.32 Å². The molecule has 0 unspecified atom stereocenters. The number of alkyl halides is 3. The van der Waals surface area contributed by atoms with Gasteiger partial charge in [-0.3, -0.25) is 4.79 Å². The second kappa shape index (κ2) is 4.37. The molecule has 2 aromatic rings. The summed E-state index contributed by atoms with van der Waals surface area (Å²) in [5.74, 6) is -1.91. The molecule has 0 bridgehead atoms. The normalized spacial score (nSPS) is 11.7. The molecule has 90 valence electrons. The van der Waals surface area contributed by atoms with Crippen LogP contribution in [0.15, 0.2) is 29.6 Å². The Hall–Kier alpha value is -1.56. The monoisotopic (exact) mass is 259 g/mol. The van der Waals surface area contributed by atoms with Crippen molar-refractivity contribution in [1.29, 1.82) is 0 Å². The lowest BCUT2D eigenvalue weighted by Gasteiger charge is -2.07. The van der Waals surface area contributed by atoms with Crippen LogP contribution in [0.4, 0.5) is 13.2 Å². The van der Waals surface area contributed by atoms with Gasteiger partial charge in [0, 0.05) is 11.2 Å². The van der Waals surface area contributed by atoms with E-state index in [-0.39, 0.29) is 6.54 Å². The Morgan fingerprint density at radius 2 is 2.00 bits per heavy atom. The molecule has 2 nitrogen and oxygen atoms in total. The van der Waals surface area contributed by atoms with Gasteiger partial charge in [0.25, 0.3) is 0 Å². The topological polar surface area (TPSA) is 29.1 Å². The molecule has 1 heterocycles. The van der Waals surface area contributed by atoms with E-state index >= 15 is 0 Å². The fraction of sp³-hybridized carbons (Fsp3) is 0.182. The van der Waals surface area contributed by atoms with Crippen LogP contribution in [0.2, 0.25) is 0 Å². The van der Waals surface area contributed by atoms with Gasteiger partial charge in [-0.1, -0.05) is 18.2 Å². The van der Waals surface area contributed by atoms with Crippen LogP contribution < -0.4 is 5.32 Å². The molecule has 17 heavy (non-hydrogen) atoms. The van der Waals surface area contributed by atoms with Gasteiger partial charge in [0.15, 0.2) is 0 Å². The number of thiophene rings is 1. The van der Waals surface area contributed by atoms with Gasteiger partial charge in [0.1, 0.15) is 0 Å². The van der Waals surface area contributed by atoms with E-state index in [2.05, 4.69) is 0 Å². The zero-order valence-corrected chi connectivity index (χ0v) is 9.36. The fourth-order valence-corrected chi connectivity index (χ4v) is 2.41. The SMILES string of the molecule is O=C(NCc1csc2ccccc12)C(F)(F)F. The number of carbonyl (C=O) groups is 1. The van der Waals surface area contributed by atoms with Crippen molar-refractivity contribution in [3.63, 3.8) is 0 Å². The number of halogens is 3. The number of amides is 1. The van der Waals surface area contributed by atoms with Crippen LogP contribution in [-0.4, -0.2) is 12.1 Å². The minimum Gasteiger partial charge on any atom is -0.344 e. The zero-order valence-electron chi connectivity index (χ0n) is 8.54. The van der Waals surface area contributed by atoms with Crippen LogP contribution in [0.1, 0.15) is 5.56 Å². The lowest BCUT2D eigenvalue weighted by molar-refractivity contribution is -0.173. The van der Waals surface area contributed by atoms with Gasteiger partial charge < -0.3 is 5.32 Å². The third-order valence-corrected chi connectivity index (χ3v) is 3.27. The average molecular weight is 259 g/mol. The molecular weight excluding hydrogens is 251 g/mol. The Labute approximate surface area is 99.1 Å². The van der Waals surface area contributed by atoms with E-state index in [1.807, 2.05) is 29.6 Å². The summed E-state index contributed by atoms with van der Waals surface area (Å²) in [4.78, 5) is 10.7. The molecule has 1 aromatic carbocycles. The maximum atomic E-state index is 12.0. The van der Waals surface area contributed by atoms with Gasteiger partial charge in [-0.15, -0.1) is 11.3 Å². The first-order chi connectivity index (χ1) is 7.98. The lowest BCUT2D eigenvalue weighted by Crippen LogP contribution is -2.36. The Bertz CT molecular complexity index is 547. The molecule has 0 saturated carbocycles. The third kappa shape index (κ3) is 2.58. The smallest absolute Gasteiger partial charge is 0.344 e. The highest BCUT2D eigenvalue weighted by molar-refractivity contribution is 7.17. The molecule has 0 spiro atoms. The second-order valence-corrected chi connectivity index (χ2v) is 4.35. The summed E-state index contributed by atoms with van der Waals surface area (Å²) in [5.41, 5.74) is 0.697. The highest BCUT2D eigenvalue weighted by Gasteiger charge is 2.38. The summed E-state index contributed by atoms with van der Waals surface area (Å²) in [6, 6.07) is 7.37. The van der Waals surface area contributed by atoms with E-state index in [0.29, 0.717) is 5.56 Å². The molecule has 0 aliphatic heterocycles. The molecule has 0 radical (unpaired) electrons. The second-order valence-electron chi connectivity index (χ2n) is 3.44.